The van der Waals surface area contributed by atoms with Gasteiger partial charge in [-0.05, 0) is 62.3 Å². The van der Waals surface area contributed by atoms with Crippen LogP contribution < -0.4 is 25.9 Å². The van der Waals surface area contributed by atoms with Crippen LogP contribution in [0.4, 0.5) is 0 Å². The fraction of sp³-hybridized carbons (Fsp3) is 0. The van der Waals surface area contributed by atoms with E-state index in [9.17, 15) is 0 Å². The molecule has 0 atom stereocenters. The van der Waals surface area contributed by atoms with Gasteiger partial charge in [-0.25, -0.2) is 0 Å². The largest absolute Gasteiger partial charge is 2.00 e. The molecule has 2 aromatic heterocycles. The topological polar surface area (TPSA) is 44.2 Å². The Labute approximate surface area is 292 Å². The van der Waals surface area contributed by atoms with Gasteiger partial charge in [0.05, 0.1) is 0 Å². The molecule has 4 nitrogen and oxygen atoms in total. The molecule has 2 aliphatic rings. The molecule has 0 bridgehead atoms. The number of hydrogen-bond donors (Lipinski definition) is 0. The number of fused-ring (bicyclic) bond motifs is 6. The van der Waals surface area contributed by atoms with E-state index >= 15 is 0 Å². The maximum absolute atomic E-state index is 6.48. The summed E-state index contributed by atoms with van der Waals surface area (Å²) >= 11 is 0. The van der Waals surface area contributed by atoms with E-state index in [1.165, 1.54) is 16.3 Å². The number of aromatic nitrogens is 2. The third-order valence-electron chi connectivity index (χ3n) is 9.25. The summed E-state index contributed by atoms with van der Waals surface area (Å²) in [5.41, 5.74) is 8.67. The van der Waals surface area contributed by atoms with E-state index in [0.717, 1.165) is 78.2 Å². The van der Waals surface area contributed by atoms with Crippen LogP contribution in [0.3, 0.4) is 0 Å². The molecule has 0 aliphatic carbocycles. The first-order chi connectivity index (χ1) is 23.3. The van der Waals surface area contributed by atoms with E-state index < -0.39 is 0 Å². The average molecular weight is 794 g/mol. The molecule has 10 rings (SSSR count). The summed E-state index contributed by atoms with van der Waals surface area (Å²) in [5, 5.41) is 4.67. The van der Waals surface area contributed by atoms with Gasteiger partial charge in [0.25, 0.3) is 0 Å². The van der Waals surface area contributed by atoms with Crippen molar-refractivity contribution in [3.8, 4) is 56.6 Å². The molecule has 226 valence electrons. The van der Waals surface area contributed by atoms with Gasteiger partial charge in [0, 0.05) is 29.4 Å². The third kappa shape index (κ3) is 4.58. The Bertz CT molecular complexity index is 2550. The van der Waals surface area contributed by atoms with Crippen molar-refractivity contribution in [2.24, 2.45) is 0 Å². The van der Waals surface area contributed by atoms with E-state index in [-0.39, 0.29) is 27.8 Å². The molecule has 0 radical (unpaired) electrons. The maximum atomic E-state index is 6.48. The van der Waals surface area contributed by atoms with Gasteiger partial charge in [0.1, 0.15) is 11.5 Å². The summed E-state index contributed by atoms with van der Waals surface area (Å²) in [6.07, 6.45) is 3.80. The summed E-state index contributed by atoms with van der Waals surface area (Å²) < 4.78 is 12.9. The van der Waals surface area contributed by atoms with Gasteiger partial charge in [0.15, 0.2) is 0 Å². The Kier molecular flexibility index (Phi) is 6.77. The first kappa shape index (κ1) is 28.7. The minimum atomic E-state index is -0.185. The van der Waals surface area contributed by atoms with E-state index in [1.807, 2.05) is 67.0 Å². The quantitative estimate of drug-likeness (QED) is 0.134. The van der Waals surface area contributed by atoms with Crippen molar-refractivity contribution in [2.45, 2.75) is 0 Å². The molecule has 0 spiro atoms. The normalized spacial score (nSPS) is 12.3. The van der Waals surface area contributed by atoms with Crippen LogP contribution in [0.2, 0.25) is 0 Å². The number of ether oxygens (including phenoxy) is 2. The van der Waals surface area contributed by atoms with Crippen LogP contribution >= 0.6 is 0 Å². The molecular weight excluding hydrogens is 770 g/mol. The van der Waals surface area contributed by atoms with Gasteiger partial charge in [-0.1, -0.05) is 84.9 Å². The van der Waals surface area contributed by atoms with Crippen molar-refractivity contribution in [3.63, 3.8) is 0 Å². The van der Waals surface area contributed by atoms with Gasteiger partial charge >= 0.3 is 21.1 Å². The van der Waals surface area contributed by atoms with Crippen molar-refractivity contribution in [2.75, 3.05) is 0 Å². The summed E-state index contributed by atoms with van der Waals surface area (Å²) in [7, 11) is 0. The fourth-order valence-corrected chi connectivity index (χ4v) is 7.01. The van der Waals surface area contributed by atoms with Crippen molar-refractivity contribution < 1.29 is 30.5 Å². The molecule has 0 fully saturated rings. The van der Waals surface area contributed by atoms with Crippen molar-refractivity contribution in [1.29, 1.82) is 0 Å². The Morgan fingerprint density at radius 1 is 0.521 bits per heavy atom. The van der Waals surface area contributed by atoms with Crippen LogP contribution in [0.25, 0.3) is 55.2 Å². The minimum Gasteiger partial charge on any atom is -0.503 e. The van der Waals surface area contributed by atoms with Gasteiger partial charge in [-0.15, -0.1) is 58.5 Å². The van der Waals surface area contributed by atoms with Crippen LogP contribution in [0.1, 0.15) is 0 Å². The van der Waals surface area contributed by atoms with E-state index in [2.05, 4.69) is 84.9 Å². The summed E-state index contributed by atoms with van der Waals surface area (Å²) in [6.45, 7) is -0.185. The van der Waals surface area contributed by atoms with Gasteiger partial charge < -0.3 is 19.4 Å². The number of nitrogens with zero attached hydrogens (tertiary/aromatic N) is 2. The Morgan fingerprint density at radius 2 is 1.15 bits per heavy atom. The molecule has 0 N–H and O–H groups in total. The zero-order valence-corrected chi connectivity index (χ0v) is 27.7. The van der Waals surface area contributed by atoms with Gasteiger partial charge in [0.2, 0.25) is 6.71 Å². The van der Waals surface area contributed by atoms with Crippen LogP contribution in [0.15, 0.2) is 140 Å². The van der Waals surface area contributed by atoms with Gasteiger partial charge in [-0.2, -0.15) is 0 Å². The Morgan fingerprint density at radius 3 is 1.90 bits per heavy atom. The van der Waals surface area contributed by atoms with E-state index in [4.69, 9.17) is 19.4 Å². The summed E-state index contributed by atoms with van der Waals surface area (Å²) in [5.74, 6) is 3.10. The molecule has 0 unspecified atom stereocenters. The number of pyridine rings is 2. The maximum Gasteiger partial charge on any atom is 2.00 e. The second-order valence-corrected chi connectivity index (χ2v) is 12.0. The van der Waals surface area contributed by atoms with Gasteiger partial charge in [-0.3, -0.25) is 0 Å². The first-order valence-corrected chi connectivity index (χ1v) is 15.7. The first-order valence-electron chi connectivity index (χ1n) is 15.7. The number of hydrogen-bond acceptors (Lipinski definition) is 4. The third-order valence-corrected chi connectivity index (χ3v) is 9.25. The van der Waals surface area contributed by atoms with Crippen LogP contribution in [0.5, 0.6) is 23.0 Å². The predicted molar refractivity (Wildman–Crippen MR) is 189 cm³/mol. The molecule has 8 aromatic rings. The summed E-state index contributed by atoms with van der Waals surface area (Å²) in [6, 6.07) is 51.1. The van der Waals surface area contributed by atoms with Crippen LogP contribution in [0, 0.1) is 12.1 Å². The van der Waals surface area contributed by atoms with Crippen molar-refractivity contribution in [1.82, 2.24) is 9.97 Å². The minimum absolute atomic E-state index is 0. The fourth-order valence-electron chi connectivity index (χ4n) is 7.01. The smallest absolute Gasteiger partial charge is 0.503 e. The monoisotopic (exact) mass is 793 g/mol. The second kappa shape index (κ2) is 11.3. The Hall–Kier alpha value is -5.51. The van der Waals surface area contributed by atoms with Crippen LogP contribution in [-0.4, -0.2) is 16.7 Å². The molecule has 2 aliphatic heterocycles. The summed E-state index contributed by atoms with van der Waals surface area (Å²) in [4.78, 5) is 9.59. The molecule has 4 heterocycles. The molecule has 0 saturated heterocycles. The molecule has 6 heteroatoms. The number of benzene rings is 6. The molecule has 0 amide bonds. The zero-order chi connectivity index (χ0) is 30.9. The predicted octanol–water partition coefficient (Wildman–Crippen LogP) is 8.11. The van der Waals surface area contributed by atoms with E-state index in [0.29, 0.717) is 0 Å². The zero-order valence-electron chi connectivity index (χ0n) is 25.4. The van der Waals surface area contributed by atoms with Crippen molar-refractivity contribution >= 4 is 44.6 Å². The molecule has 48 heavy (non-hydrogen) atoms. The Balaban J connectivity index is 0.00000314. The molecular formula is C42H23BN2O2Pt. The van der Waals surface area contributed by atoms with E-state index in [1.54, 1.807) is 0 Å². The van der Waals surface area contributed by atoms with Crippen LogP contribution in [-0.2, 0) is 21.1 Å². The SMILES string of the molecule is [Pt+2].[c-]1c(-c2cc(-c3cccc4ccccc34)ccn2)ccc2c1B1c3[c-]c(-c4cc5ccccc5cn4)ccc3Oc3cccc(c31)O2. The number of rotatable bonds is 3. The van der Waals surface area contributed by atoms with Crippen molar-refractivity contribution in [3.05, 3.63) is 152 Å². The average Bonchev–Trinajstić information content (AvgIpc) is 3.14. The molecule has 0 saturated carbocycles. The second-order valence-electron chi connectivity index (χ2n) is 12.0. The standard InChI is InChI=1S/C42H23BN2O2.Pt/c1-2-9-31-25-45-37(23-27(31)8-1)30-16-18-39-35(22-30)43-34-21-29(15-17-38(34)46-40-13-6-14-41(47-39)42(40)43)36-24-28(19-20-44-36)33-12-5-10-26-7-3-4-11-32(26)33;/h1-20,23-25H;/q-2;+2. The molecule has 6 aromatic carbocycles.